The molecule has 0 saturated heterocycles. The molecule has 0 spiro atoms. The molecule has 0 unspecified atom stereocenters. The van der Waals surface area contributed by atoms with E-state index in [0.29, 0.717) is 5.56 Å². The van der Waals surface area contributed by atoms with Gasteiger partial charge in [-0.3, -0.25) is 4.79 Å². The molecule has 0 N–H and O–H groups in total. The van der Waals surface area contributed by atoms with Crippen molar-refractivity contribution in [2.45, 2.75) is 13.3 Å². The molecule has 0 atom stereocenters. The van der Waals surface area contributed by atoms with Crippen LogP contribution in [0.3, 0.4) is 0 Å². The Morgan fingerprint density at radius 3 is 2.60 bits per heavy atom. The molecule has 0 aromatic heterocycles. The van der Waals surface area contributed by atoms with Crippen molar-refractivity contribution in [1.82, 2.24) is 0 Å². The molecule has 0 saturated carbocycles. The topological polar surface area (TPSA) is 55.7 Å². The van der Waals surface area contributed by atoms with Gasteiger partial charge in [0.15, 0.2) is 5.78 Å². The summed E-state index contributed by atoms with van der Waals surface area (Å²) in [6.45, 7) is 1.25. The Kier molecular flexibility index (Phi) is 4.22. The second-order valence-electron chi connectivity index (χ2n) is 2.86. The molecule has 0 heterocycles. The van der Waals surface area contributed by atoms with Crippen LogP contribution >= 0.6 is 0 Å². The third-order valence-corrected chi connectivity index (χ3v) is 1.63. The monoisotopic (exact) mass is 205 g/mol. The van der Waals surface area contributed by atoms with E-state index in [1.165, 1.54) is 13.1 Å². The van der Waals surface area contributed by atoms with Crippen LogP contribution in [0.2, 0.25) is 0 Å². The summed E-state index contributed by atoms with van der Waals surface area (Å²) in [5.74, 6) is -0.565. The van der Waals surface area contributed by atoms with Crippen molar-refractivity contribution in [2.75, 3.05) is 0 Å². The number of rotatable bonds is 4. The predicted molar refractivity (Wildman–Crippen MR) is 55.6 cm³/mol. The van der Waals surface area contributed by atoms with Gasteiger partial charge in [-0.1, -0.05) is 35.5 Å². The maximum atomic E-state index is 11.5. The zero-order chi connectivity index (χ0) is 11.1. The number of ketones is 1. The van der Waals surface area contributed by atoms with Crippen LogP contribution in [0.4, 0.5) is 0 Å². The minimum Gasteiger partial charge on any atom is -0.319 e. The molecule has 0 aliphatic carbocycles. The standard InChI is InChI=1S/C11H11NO3/c1-9(13)15-12-8-7-11(14)10-5-3-2-4-6-10/h2-6,8H,7H2,1H3. The van der Waals surface area contributed by atoms with Gasteiger partial charge in [-0.25, -0.2) is 4.79 Å². The Labute approximate surface area is 87.5 Å². The zero-order valence-electron chi connectivity index (χ0n) is 8.34. The number of hydrogen-bond acceptors (Lipinski definition) is 4. The largest absolute Gasteiger partial charge is 0.331 e. The lowest BCUT2D eigenvalue weighted by molar-refractivity contribution is -0.140. The number of oxime groups is 1. The fourth-order valence-corrected chi connectivity index (χ4v) is 0.974. The van der Waals surface area contributed by atoms with Crippen LogP contribution < -0.4 is 0 Å². The van der Waals surface area contributed by atoms with E-state index in [1.54, 1.807) is 24.3 Å². The minimum atomic E-state index is -0.501. The molecule has 4 heteroatoms. The van der Waals surface area contributed by atoms with Crippen LogP contribution in [0.15, 0.2) is 35.5 Å². The average Bonchev–Trinajstić information content (AvgIpc) is 2.25. The van der Waals surface area contributed by atoms with Crippen LogP contribution in [0.5, 0.6) is 0 Å². The van der Waals surface area contributed by atoms with Crippen LogP contribution in [0, 0.1) is 0 Å². The van der Waals surface area contributed by atoms with Gasteiger partial charge in [0.05, 0.1) is 6.21 Å². The normalized spacial score (nSPS) is 10.2. The maximum absolute atomic E-state index is 11.5. The summed E-state index contributed by atoms with van der Waals surface area (Å²) in [5, 5.41) is 3.34. The molecule has 0 amide bonds. The fraction of sp³-hybridized carbons (Fsp3) is 0.182. The molecule has 1 rings (SSSR count). The average molecular weight is 205 g/mol. The first kappa shape index (κ1) is 11.1. The van der Waals surface area contributed by atoms with Crippen molar-refractivity contribution < 1.29 is 14.4 Å². The number of nitrogens with zero attached hydrogens (tertiary/aromatic N) is 1. The molecule has 0 aliphatic heterocycles. The molecular formula is C11H11NO3. The molecule has 1 aromatic carbocycles. The summed E-state index contributed by atoms with van der Waals surface area (Å²) in [6, 6.07) is 8.86. The summed E-state index contributed by atoms with van der Waals surface area (Å²) in [4.78, 5) is 26.1. The van der Waals surface area contributed by atoms with E-state index in [0.717, 1.165) is 0 Å². The lowest BCUT2D eigenvalue weighted by Crippen LogP contribution is -2.00. The molecule has 0 fully saturated rings. The smallest absolute Gasteiger partial charge is 0.319 e. The minimum absolute atomic E-state index is 0.0634. The van der Waals surface area contributed by atoms with Gasteiger partial charge in [-0.05, 0) is 0 Å². The van der Waals surface area contributed by atoms with Gasteiger partial charge in [0.1, 0.15) is 0 Å². The molecule has 4 nitrogen and oxygen atoms in total. The number of benzene rings is 1. The van der Waals surface area contributed by atoms with E-state index >= 15 is 0 Å². The number of carbonyl (C=O) groups excluding carboxylic acids is 2. The van der Waals surface area contributed by atoms with Gasteiger partial charge in [0.25, 0.3) is 0 Å². The van der Waals surface area contributed by atoms with Crippen molar-refractivity contribution in [3.05, 3.63) is 35.9 Å². The van der Waals surface area contributed by atoms with Crippen molar-refractivity contribution in [1.29, 1.82) is 0 Å². The lowest BCUT2D eigenvalue weighted by Gasteiger charge is -1.95. The molecule has 15 heavy (non-hydrogen) atoms. The fourth-order valence-electron chi connectivity index (χ4n) is 0.974. The van der Waals surface area contributed by atoms with E-state index in [2.05, 4.69) is 9.99 Å². The molecule has 0 radical (unpaired) electrons. The highest BCUT2D eigenvalue weighted by atomic mass is 16.7. The third kappa shape index (κ3) is 4.17. The van der Waals surface area contributed by atoms with E-state index in [4.69, 9.17) is 0 Å². The summed E-state index contributed by atoms with van der Waals surface area (Å²) >= 11 is 0. The first-order chi connectivity index (χ1) is 7.20. The lowest BCUT2D eigenvalue weighted by atomic mass is 10.1. The van der Waals surface area contributed by atoms with Crippen molar-refractivity contribution in [2.24, 2.45) is 5.16 Å². The van der Waals surface area contributed by atoms with E-state index in [1.807, 2.05) is 6.07 Å². The van der Waals surface area contributed by atoms with Crippen LogP contribution in [-0.4, -0.2) is 18.0 Å². The predicted octanol–water partition coefficient (Wildman–Crippen LogP) is 1.81. The van der Waals surface area contributed by atoms with Crippen LogP contribution in [0.1, 0.15) is 23.7 Å². The van der Waals surface area contributed by atoms with Gasteiger partial charge in [-0.2, -0.15) is 0 Å². The van der Waals surface area contributed by atoms with Crippen molar-refractivity contribution in [3.8, 4) is 0 Å². The third-order valence-electron chi connectivity index (χ3n) is 1.63. The summed E-state index contributed by atoms with van der Waals surface area (Å²) in [6.07, 6.45) is 1.40. The summed E-state index contributed by atoms with van der Waals surface area (Å²) in [7, 11) is 0. The van der Waals surface area contributed by atoms with Gasteiger partial charge >= 0.3 is 5.97 Å². The molecule has 78 valence electrons. The maximum Gasteiger partial charge on any atom is 0.331 e. The summed E-state index contributed by atoms with van der Waals surface area (Å²) < 4.78 is 0. The second-order valence-corrected chi connectivity index (χ2v) is 2.86. The number of hydrogen-bond donors (Lipinski definition) is 0. The van der Waals surface area contributed by atoms with Crippen LogP contribution in [-0.2, 0) is 9.63 Å². The van der Waals surface area contributed by atoms with Gasteiger partial charge in [0.2, 0.25) is 0 Å². The van der Waals surface area contributed by atoms with Gasteiger partial charge in [0, 0.05) is 18.9 Å². The van der Waals surface area contributed by atoms with E-state index in [9.17, 15) is 9.59 Å². The molecular weight excluding hydrogens is 194 g/mol. The number of carbonyl (C=O) groups is 2. The van der Waals surface area contributed by atoms with E-state index in [-0.39, 0.29) is 12.2 Å². The van der Waals surface area contributed by atoms with Gasteiger partial charge in [-0.15, -0.1) is 0 Å². The highest BCUT2D eigenvalue weighted by Crippen LogP contribution is 2.01. The molecule has 1 aromatic rings. The number of Topliss-reactive ketones (excluding diaryl/α,β-unsaturated/α-hetero) is 1. The Morgan fingerprint density at radius 1 is 1.33 bits per heavy atom. The second kappa shape index (κ2) is 5.70. The van der Waals surface area contributed by atoms with E-state index < -0.39 is 5.97 Å². The SMILES string of the molecule is CC(=O)ON=CCC(=O)c1ccccc1. The Hall–Kier alpha value is -1.97. The Morgan fingerprint density at radius 2 is 2.00 bits per heavy atom. The zero-order valence-corrected chi connectivity index (χ0v) is 8.34. The molecule has 0 aliphatic rings. The van der Waals surface area contributed by atoms with Crippen LogP contribution in [0.25, 0.3) is 0 Å². The van der Waals surface area contributed by atoms with Crippen molar-refractivity contribution >= 4 is 18.0 Å². The summed E-state index contributed by atoms with van der Waals surface area (Å²) in [5.41, 5.74) is 0.617. The quantitative estimate of drug-likeness (QED) is 0.326. The first-order valence-electron chi connectivity index (χ1n) is 4.48. The van der Waals surface area contributed by atoms with Crippen molar-refractivity contribution in [3.63, 3.8) is 0 Å². The highest BCUT2D eigenvalue weighted by molar-refractivity contribution is 6.03. The Balaban J connectivity index is 2.44. The van der Waals surface area contributed by atoms with Gasteiger partial charge < -0.3 is 4.84 Å². The first-order valence-corrected chi connectivity index (χ1v) is 4.48. The Bertz CT molecular complexity index is 371. The highest BCUT2D eigenvalue weighted by Gasteiger charge is 2.02. The molecule has 0 bridgehead atoms.